The largest absolute Gasteiger partial charge is 0.507 e. The van der Waals surface area contributed by atoms with Crippen LogP contribution in [0.1, 0.15) is 24.2 Å². The minimum Gasteiger partial charge on any atom is -0.507 e. The van der Waals surface area contributed by atoms with E-state index >= 15 is 0 Å². The molecule has 2 N–H and O–H groups in total. The molecule has 0 saturated carbocycles. The fourth-order valence-corrected chi connectivity index (χ4v) is 4.11. The molecule has 0 radical (unpaired) electrons. The second-order valence-corrected chi connectivity index (χ2v) is 7.59. The van der Waals surface area contributed by atoms with E-state index in [0.717, 1.165) is 30.8 Å². The molecule has 4 rings (SSSR count). The van der Waals surface area contributed by atoms with Gasteiger partial charge < -0.3 is 14.4 Å². The highest BCUT2D eigenvalue weighted by Crippen LogP contribution is 2.40. The van der Waals surface area contributed by atoms with E-state index in [1.807, 2.05) is 0 Å². The third kappa shape index (κ3) is 3.60. The Morgan fingerprint density at radius 1 is 1.10 bits per heavy atom. The Hall–Kier alpha value is -2.51. The van der Waals surface area contributed by atoms with Crippen molar-refractivity contribution in [2.45, 2.75) is 25.6 Å². The molecule has 0 aliphatic carbocycles. The van der Waals surface area contributed by atoms with E-state index in [4.69, 9.17) is 16.0 Å². The number of halogens is 4. The zero-order chi connectivity index (χ0) is 20.8. The molecule has 4 nitrogen and oxygen atoms in total. The van der Waals surface area contributed by atoms with Crippen molar-refractivity contribution in [2.24, 2.45) is 0 Å². The van der Waals surface area contributed by atoms with Crippen LogP contribution < -0.4 is 10.3 Å². The number of phenols is 1. The van der Waals surface area contributed by atoms with E-state index in [2.05, 4.69) is 0 Å². The third-order valence-electron chi connectivity index (χ3n) is 5.28. The van der Waals surface area contributed by atoms with Crippen molar-refractivity contribution in [1.82, 2.24) is 0 Å². The Bertz CT molecular complexity index is 1130. The normalized spacial score (nSPS) is 15.3. The van der Waals surface area contributed by atoms with Crippen molar-refractivity contribution in [3.05, 3.63) is 63.0 Å². The van der Waals surface area contributed by atoms with Gasteiger partial charge in [0.25, 0.3) is 0 Å². The number of alkyl halides is 3. The van der Waals surface area contributed by atoms with Crippen LogP contribution in [0.2, 0.25) is 5.02 Å². The van der Waals surface area contributed by atoms with Crippen LogP contribution in [0.4, 0.5) is 13.2 Å². The molecule has 1 aliphatic heterocycles. The number of rotatable bonds is 3. The number of hydrogen-bond donors (Lipinski definition) is 2. The molecule has 29 heavy (non-hydrogen) atoms. The monoisotopic (exact) mass is 424 g/mol. The van der Waals surface area contributed by atoms with Crippen LogP contribution in [0, 0.1) is 0 Å². The first-order chi connectivity index (χ1) is 13.8. The number of aromatic hydroxyl groups is 1. The summed E-state index contributed by atoms with van der Waals surface area (Å²) in [4.78, 5) is 14.3. The van der Waals surface area contributed by atoms with Gasteiger partial charge in [-0.3, -0.25) is 4.79 Å². The molecule has 3 aromatic rings. The molecule has 1 saturated heterocycles. The lowest BCUT2D eigenvalue weighted by molar-refractivity contribution is -0.901. The van der Waals surface area contributed by atoms with E-state index in [9.17, 15) is 23.1 Å². The van der Waals surface area contributed by atoms with Crippen LogP contribution in [0.5, 0.6) is 5.75 Å². The fourth-order valence-electron chi connectivity index (χ4n) is 3.88. The van der Waals surface area contributed by atoms with Crippen molar-refractivity contribution in [1.29, 1.82) is 0 Å². The maximum absolute atomic E-state index is 13.9. The standard InChI is InChI=1S/C21H17ClF3NO3/c22-15-6-2-1-5-12(15)17-18(28)13-7-8-16(27)14(11-26-9-3-4-10-26)19(13)29-20(17)21(23,24)25/h1-2,5-8,27H,3-4,9-11H2/p+1. The fraction of sp³-hybridized carbons (Fsp3) is 0.286. The van der Waals surface area contributed by atoms with Crippen molar-refractivity contribution >= 4 is 22.6 Å². The first-order valence-corrected chi connectivity index (χ1v) is 9.62. The minimum absolute atomic E-state index is 0.0145. The molecule has 0 bridgehead atoms. The molecule has 2 heterocycles. The molecular weight excluding hydrogens is 407 g/mol. The molecule has 0 unspecified atom stereocenters. The van der Waals surface area contributed by atoms with Crippen molar-refractivity contribution in [3.8, 4) is 16.9 Å². The number of benzene rings is 2. The molecule has 1 aromatic heterocycles. The molecule has 152 valence electrons. The molecular formula is C21H18ClF3NO3+. The van der Waals surface area contributed by atoms with Gasteiger partial charge in [-0.05, 0) is 18.2 Å². The second-order valence-electron chi connectivity index (χ2n) is 7.19. The van der Waals surface area contributed by atoms with E-state index in [-0.39, 0.29) is 39.4 Å². The SMILES string of the molecule is O=c1c(-c2ccccc2Cl)c(C(F)(F)F)oc2c(C[NH+]3CCCC3)c(O)ccc12. The quantitative estimate of drug-likeness (QED) is 0.668. The summed E-state index contributed by atoms with van der Waals surface area (Å²) in [5.41, 5.74) is -1.51. The van der Waals surface area contributed by atoms with Gasteiger partial charge >= 0.3 is 6.18 Å². The summed E-state index contributed by atoms with van der Waals surface area (Å²) in [6.45, 7) is 1.99. The minimum atomic E-state index is -4.91. The number of hydrogen-bond acceptors (Lipinski definition) is 3. The lowest BCUT2D eigenvalue weighted by atomic mass is 10.00. The van der Waals surface area contributed by atoms with Gasteiger partial charge in [-0.1, -0.05) is 29.8 Å². The predicted molar refractivity (Wildman–Crippen MR) is 103 cm³/mol. The van der Waals surface area contributed by atoms with Crippen LogP contribution >= 0.6 is 11.6 Å². The first kappa shape index (κ1) is 19.8. The number of fused-ring (bicyclic) bond motifs is 1. The van der Waals surface area contributed by atoms with E-state index in [0.29, 0.717) is 0 Å². The Kier molecular flexibility index (Phi) is 5.04. The zero-order valence-corrected chi connectivity index (χ0v) is 16.0. The average molecular weight is 425 g/mol. The van der Waals surface area contributed by atoms with Crippen molar-refractivity contribution in [3.63, 3.8) is 0 Å². The molecule has 0 amide bonds. The highest BCUT2D eigenvalue weighted by Gasteiger charge is 2.40. The molecule has 0 atom stereocenters. The summed E-state index contributed by atoms with van der Waals surface area (Å²) in [6.07, 6.45) is -2.89. The van der Waals surface area contributed by atoms with Gasteiger partial charge in [0, 0.05) is 23.4 Å². The first-order valence-electron chi connectivity index (χ1n) is 9.24. The predicted octanol–water partition coefficient (Wildman–Crippen LogP) is 4.02. The number of quaternary nitrogens is 1. The Balaban J connectivity index is 2.03. The molecule has 0 spiro atoms. The van der Waals surface area contributed by atoms with E-state index < -0.39 is 22.9 Å². The maximum atomic E-state index is 13.9. The highest BCUT2D eigenvalue weighted by atomic mass is 35.5. The molecule has 1 aliphatic rings. The molecule has 2 aromatic carbocycles. The van der Waals surface area contributed by atoms with Crippen LogP contribution in [0.3, 0.4) is 0 Å². The lowest BCUT2D eigenvalue weighted by Crippen LogP contribution is -3.08. The summed E-state index contributed by atoms with van der Waals surface area (Å²) in [5.74, 6) is -1.59. The summed E-state index contributed by atoms with van der Waals surface area (Å²) >= 11 is 6.08. The van der Waals surface area contributed by atoms with Crippen molar-refractivity contribution < 1.29 is 27.6 Å². The average Bonchev–Trinajstić information content (AvgIpc) is 3.17. The van der Waals surface area contributed by atoms with Crippen LogP contribution in [-0.4, -0.2) is 18.2 Å². The van der Waals surface area contributed by atoms with E-state index in [1.54, 1.807) is 6.07 Å². The Labute approximate surface area is 169 Å². The van der Waals surface area contributed by atoms with Gasteiger partial charge in [0.05, 0.1) is 29.6 Å². The summed E-state index contributed by atoms with van der Waals surface area (Å²) < 4.78 is 46.9. The second kappa shape index (κ2) is 7.39. The van der Waals surface area contributed by atoms with Gasteiger partial charge in [-0.15, -0.1) is 0 Å². The Morgan fingerprint density at radius 2 is 1.79 bits per heavy atom. The third-order valence-corrected chi connectivity index (χ3v) is 5.61. The Morgan fingerprint density at radius 3 is 2.45 bits per heavy atom. The topological polar surface area (TPSA) is 54.9 Å². The number of nitrogens with one attached hydrogen (secondary N) is 1. The maximum Gasteiger partial charge on any atom is 0.450 e. The van der Waals surface area contributed by atoms with Gasteiger partial charge in [0.1, 0.15) is 12.3 Å². The van der Waals surface area contributed by atoms with Crippen LogP contribution in [0.25, 0.3) is 22.1 Å². The van der Waals surface area contributed by atoms with Gasteiger partial charge in [0.15, 0.2) is 5.58 Å². The number of phenolic OH excluding ortho intramolecular Hbond substituents is 1. The molecule has 1 fully saturated rings. The summed E-state index contributed by atoms with van der Waals surface area (Å²) in [7, 11) is 0. The van der Waals surface area contributed by atoms with Crippen LogP contribution in [0.15, 0.2) is 45.6 Å². The summed E-state index contributed by atoms with van der Waals surface area (Å²) in [5, 5.41) is 10.3. The van der Waals surface area contributed by atoms with Crippen LogP contribution in [-0.2, 0) is 12.7 Å². The van der Waals surface area contributed by atoms with Gasteiger partial charge in [-0.2, -0.15) is 13.2 Å². The number of likely N-dealkylation sites (tertiary alicyclic amines) is 1. The smallest absolute Gasteiger partial charge is 0.450 e. The van der Waals surface area contributed by atoms with Gasteiger partial charge in [0.2, 0.25) is 11.2 Å². The summed E-state index contributed by atoms with van der Waals surface area (Å²) in [6, 6.07) is 8.46. The highest BCUT2D eigenvalue weighted by molar-refractivity contribution is 6.33. The van der Waals surface area contributed by atoms with Gasteiger partial charge in [-0.25, -0.2) is 0 Å². The van der Waals surface area contributed by atoms with Crippen molar-refractivity contribution in [2.75, 3.05) is 13.1 Å². The lowest BCUT2D eigenvalue weighted by Gasteiger charge is -2.17. The zero-order valence-electron chi connectivity index (χ0n) is 15.3. The molecule has 8 heteroatoms. The van der Waals surface area contributed by atoms with E-state index in [1.165, 1.54) is 30.3 Å².